The van der Waals surface area contributed by atoms with Crippen LogP contribution in [0.2, 0.25) is 5.02 Å². The lowest BCUT2D eigenvalue weighted by Crippen LogP contribution is -2.11. The van der Waals surface area contributed by atoms with Gasteiger partial charge in [0.2, 0.25) is 0 Å². The number of nitrogens with zero attached hydrogens (tertiary/aromatic N) is 2. The van der Waals surface area contributed by atoms with Crippen LogP contribution in [0.3, 0.4) is 0 Å². The van der Waals surface area contributed by atoms with E-state index in [1.807, 2.05) is 4.57 Å². The van der Waals surface area contributed by atoms with E-state index in [-0.39, 0.29) is 18.2 Å². The van der Waals surface area contributed by atoms with Crippen LogP contribution in [-0.4, -0.2) is 20.2 Å². The van der Waals surface area contributed by atoms with Crippen LogP contribution in [0.15, 0.2) is 18.2 Å². The minimum Gasteiger partial charge on any atom is -0.481 e. The van der Waals surface area contributed by atoms with Crippen molar-refractivity contribution < 1.29 is 14.3 Å². The fourth-order valence-corrected chi connectivity index (χ4v) is 3.83. The van der Waals surface area contributed by atoms with Crippen LogP contribution in [0.25, 0.3) is 0 Å². The van der Waals surface area contributed by atoms with Gasteiger partial charge in [-0.25, -0.2) is 4.39 Å². The smallest absolute Gasteiger partial charge is 0.309 e. The van der Waals surface area contributed by atoms with E-state index in [2.05, 4.69) is 0 Å². The summed E-state index contributed by atoms with van der Waals surface area (Å²) in [7, 11) is 1.78. The quantitative estimate of drug-likeness (QED) is 0.851. The number of imidazole rings is 1. The molecule has 7 heteroatoms. The topological polar surface area (TPSA) is 47.2 Å². The molecule has 122 valence electrons. The Hall–Kier alpha value is -1.66. The van der Waals surface area contributed by atoms with Crippen LogP contribution in [-0.2, 0) is 31.2 Å². The Balaban J connectivity index is 2.01. The SMILES string of the molecule is Cn1c(CC(=O)O)c2n(c1=S)CC[C@@H]2Cc1cc(Cl)ccc1F. The molecule has 23 heavy (non-hydrogen) atoms. The first kappa shape index (κ1) is 16.2. The molecule has 0 saturated heterocycles. The van der Waals surface area contributed by atoms with Crippen molar-refractivity contribution in [3.8, 4) is 0 Å². The van der Waals surface area contributed by atoms with Crippen LogP contribution >= 0.6 is 23.8 Å². The minimum atomic E-state index is -0.899. The Morgan fingerprint density at radius 1 is 1.52 bits per heavy atom. The van der Waals surface area contributed by atoms with Crippen molar-refractivity contribution in [1.82, 2.24) is 9.13 Å². The third kappa shape index (κ3) is 2.93. The van der Waals surface area contributed by atoms with Crippen molar-refractivity contribution in [2.45, 2.75) is 31.7 Å². The summed E-state index contributed by atoms with van der Waals surface area (Å²) in [6, 6.07) is 4.52. The molecule has 0 spiro atoms. The molecular formula is C16H16ClFN2O2S. The number of rotatable bonds is 4. The zero-order valence-corrected chi connectivity index (χ0v) is 14.1. The second kappa shape index (κ2) is 6.09. The number of carbonyl (C=O) groups is 1. The average Bonchev–Trinajstić information content (AvgIpc) is 2.99. The molecule has 1 aliphatic heterocycles. The monoisotopic (exact) mass is 354 g/mol. The van der Waals surface area contributed by atoms with Crippen molar-refractivity contribution in [2.24, 2.45) is 7.05 Å². The van der Waals surface area contributed by atoms with Crippen molar-refractivity contribution in [2.75, 3.05) is 0 Å². The molecule has 1 aromatic heterocycles. The van der Waals surface area contributed by atoms with Crippen molar-refractivity contribution in [1.29, 1.82) is 0 Å². The molecule has 0 radical (unpaired) electrons. The summed E-state index contributed by atoms with van der Waals surface area (Å²) in [5.41, 5.74) is 2.17. The van der Waals surface area contributed by atoms with Crippen molar-refractivity contribution in [3.63, 3.8) is 0 Å². The molecule has 1 aromatic carbocycles. The van der Waals surface area contributed by atoms with Gasteiger partial charge in [0.15, 0.2) is 4.77 Å². The number of fused-ring (bicyclic) bond motifs is 1. The number of benzene rings is 1. The van der Waals surface area contributed by atoms with Gasteiger partial charge >= 0.3 is 5.97 Å². The van der Waals surface area contributed by atoms with E-state index in [0.717, 1.165) is 18.7 Å². The van der Waals surface area contributed by atoms with E-state index < -0.39 is 5.97 Å². The van der Waals surface area contributed by atoms with Crippen LogP contribution in [0, 0.1) is 10.6 Å². The maximum atomic E-state index is 14.0. The summed E-state index contributed by atoms with van der Waals surface area (Å²) in [5, 5.41) is 9.65. The first-order chi connectivity index (χ1) is 10.9. The molecule has 0 amide bonds. The van der Waals surface area contributed by atoms with Crippen LogP contribution < -0.4 is 0 Å². The minimum absolute atomic E-state index is 0.0419. The number of carboxylic acids is 1. The molecule has 1 aliphatic rings. The fraction of sp³-hybridized carbons (Fsp3) is 0.375. The fourth-order valence-electron chi connectivity index (χ4n) is 3.34. The van der Waals surface area contributed by atoms with Gasteiger partial charge in [0, 0.05) is 30.2 Å². The highest BCUT2D eigenvalue weighted by Crippen LogP contribution is 2.36. The number of hydrogen-bond acceptors (Lipinski definition) is 2. The highest BCUT2D eigenvalue weighted by atomic mass is 35.5. The molecule has 0 unspecified atom stereocenters. The Bertz CT molecular complexity index is 843. The number of carboxylic acid groups (broad SMARTS) is 1. The summed E-state index contributed by atoms with van der Waals surface area (Å²) in [4.78, 5) is 11.2. The van der Waals surface area contributed by atoms with E-state index in [0.29, 0.717) is 27.5 Å². The third-order valence-corrected chi connectivity index (χ3v) is 5.12. The second-order valence-corrected chi connectivity index (χ2v) is 6.62. The average molecular weight is 355 g/mol. The summed E-state index contributed by atoms with van der Waals surface area (Å²) < 4.78 is 18.3. The number of aliphatic carboxylic acids is 1. The van der Waals surface area contributed by atoms with Gasteiger partial charge in [0.05, 0.1) is 12.1 Å². The summed E-state index contributed by atoms with van der Waals surface area (Å²) >= 11 is 11.4. The van der Waals surface area contributed by atoms with Gasteiger partial charge in [0.1, 0.15) is 5.82 Å². The Morgan fingerprint density at radius 2 is 2.26 bits per heavy atom. The third-order valence-electron chi connectivity index (χ3n) is 4.39. The largest absolute Gasteiger partial charge is 0.481 e. The Morgan fingerprint density at radius 3 is 2.96 bits per heavy atom. The van der Waals surface area contributed by atoms with E-state index in [4.69, 9.17) is 28.9 Å². The first-order valence-corrected chi connectivity index (χ1v) is 8.11. The Kier molecular flexibility index (Phi) is 4.29. The molecule has 0 bridgehead atoms. The van der Waals surface area contributed by atoms with Gasteiger partial charge in [-0.2, -0.15) is 0 Å². The van der Waals surface area contributed by atoms with E-state index >= 15 is 0 Å². The molecule has 2 heterocycles. The van der Waals surface area contributed by atoms with Gasteiger partial charge in [-0.15, -0.1) is 0 Å². The van der Waals surface area contributed by atoms with Gasteiger partial charge in [-0.1, -0.05) is 11.6 Å². The van der Waals surface area contributed by atoms with Crippen LogP contribution in [0.5, 0.6) is 0 Å². The van der Waals surface area contributed by atoms with Gasteiger partial charge in [-0.3, -0.25) is 4.79 Å². The predicted octanol–water partition coefficient (Wildman–Crippen LogP) is 3.71. The molecule has 0 fully saturated rings. The van der Waals surface area contributed by atoms with Crippen LogP contribution in [0.1, 0.15) is 29.3 Å². The predicted molar refractivity (Wildman–Crippen MR) is 88.0 cm³/mol. The lowest BCUT2D eigenvalue weighted by molar-refractivity contribution is -0.136. The highest BCUT2D eigenvalue weighted by molar-refractivity contribution is 7.71. The number of aromatic nitrogens is 2. The van der Waals surface area contributed by atoms with Crippen molar-refractivity contribution in [3.05, 3.63) is 50.8 Å². The zero-order chi connectivity index (χ0) is 16.7. The Labute approximate surface area is 143 Å². The molecule has 1 N–H and O–H groups in total. The van der Waals surface area contributed by atoms with Gasteiger partial charge in [0.25, 0.3) is 0 Å². The van der Waals surface area contributed by atoms with Crippen LogP contribution in [0.4, 0.5) is 4.39 Å². The molecular weight excluding hydrogens is 339 g/mol. The molecule has 4 nitrogen and oxygen atoms in total. The van der Waals surface area contributed by atoms with Gasteiger partial charge in [-0.05, 0) is 48.8 Å². The molecule has 0 aliphatic carbocycles. The molecule has 1 atom stereocenters. The lowest BCUT2D eigenvalue weighted by Gasteiger charge is -2.13. The van der Waals surface area contributed by atoms with E-state index in [1.165, 1.54) is 12.1 Å². The maximum Gasteiger partial charge on any atom is 0.309 e. The molecule has 0 saturated carbocycles. The maximum absolute atomic E-state index is 14.0. The number of hydrogen-bond donors (Lipinski definition) is 1. The lowest BCUT2D eigenvalue weighted by atomic mass is 9.93. The van der Waals surface area contributed by atoms with Crippen molar-refractivity contribution >= 4 is 29.8 Å². The highest BCUT2D eigenvalue weighted by Gasteiger charge is 2.30. The second-order valence-electron chi connectivity index (χ2n) is 5.82. The summed E-state index contributed by atoms with van der Waals surface area (Å²) in [6.45, 7) is 0.731. The standard InChI is InChI=1S/C16H16ClFN2O2S/c1-19-13(8-14(21)22)15-9(4-5-20(15)16(19)23)6-10-7-11(17)2-3-12(10)18/h2-3,7,9H,4-6,8H2,1H3,(H,21,22)/t9-/m1/s1. The zero-order valence-electron chi connectivity index (χ0n) is 12.6. The van der Waals surface area contributed by atoms with Gasteiger partial charge < -0.3 is 14.2 Å². The summed E-state index contributed by atoms with van der Waals surface area (Å²) in [6.07, 6.45) is 1.22. The molecule has 2 aromatic rings. The van der Waals surface area contributed by atoms with E-state index in [1.54, 1.807) is 17.7 Å². The first-order valence-electron chi connectivity index (χ1n) is 7.32. The molecule has 3 rings (SSSR count). The normalized spacial score (nSPS) is 16.6. The summed E-state index contributed by atoms with van der Waals surface area (Å²) in [5.74, 6) is -1.15. The number of halogens is 2. The van der Waals surface area contributed by atoms with E-state index in [9.17, 15) is 9.18 Å².